The second kappa shape index (κ2) is 7.02. The Hall–Kier alpha value is -2.90. The summed E-state index contributed by atoms with van der Waals surface area (Å²) in [5.74, 6) is 1.99. The molecule has 0 radical (unpaired) electrons. The highest BCUT2D eigenvalue weighted by Crippen LogP contribution is 2.37. The van der Waals surface area contributed by atoms with Crippen molar-refractivity contribution >= 4 is 27.4 Å². The number of nitrogens with one attached hydrogen (secondary N) is 1. The molecule has 138 valence electrons. The Balaban J connectivity index is 1.68. The number of aromatic nitrogens is 2. The molecule has 1 aromatic carbocycles. The van der Waals surface area contributed by atoms with E-state index in [0.29, 0.717) is 11.6 Å². The van der Waals surface area contributed by atoms with Gasteiger partial charge in [0.2, 0.25) is 0 Å². The number of hydrogen-bond donors (Lipinski definition) is 2. The normalized spacial score (nSPS) is 13.4. The summed E-state index contributed by atoms with van der Waals surface area (Å²) in [6.45, 7) is 1.96. The molecule has 2 N–H and O–H groups in total. The van der Waals surface area contributed by atoms with Gasteiger partial charge in [-0.1, -0.05) is 12.1 Å². The molecule has 0 bridgehead atoms. The van der Waals surface area contributed by atoms with Gasteiger partial charge in [-0.15, -0.1) is 11.3 Å². The lowest BCUT2D eigenvalue weighted by atomic mass is 10.0. The lowest BCUT2D eigenvalue weighted by Gasteiger charge is -2.21. The zero-order valence-electron chi connectivity index (χ0n) is 15.0. The summed E-state index contributed by atoms with van der Waals surface area (Å²) in [5, 5.41) is 16.9. The number of benzene rings is 1. The molecule has 4 rings (SSSR count). The second-order valence-corrected chi connectivity index (χ2v) is 7.24. The van der Waals surface area contributed by atoms with Crippen LogP contribution in [0.3, 0.4) is 0 Å². The van der Waals surface area contributed by atoms with Crippen molar-refractivity contribution in [3.05, 3.63) is 60.1 Å². The molecule has 3 aromatic heterocycles. The lowest BCUT2D eigenvalue weighted by Crippen LogP contribution is -2.30. The molecule has 0 amide bonds. The lowest BCUT2D eigenvalue weighted by molar-refractivity contribution is 0.0476. The van der Waals surface area contributed by atoms with Crippen molar-refractivity contribution in [2.75, 3.05) is 19.0 Å². The van der Waals surface area contributed by atoms with Crippen molar-refractivity contribution < 1.29 is 14.3 Å². The largest absolute Gasteiger partial charge is 0.497 e. The molecule has 0 fully saturated rings. The first-order valence-electron chi connectivity index (χ1n) is 8.45. The molecule has 1 atom stereocenters. The van der Waals surface area contributed by atoms with Crippen molar-refractivity contribution in [2.45, 2.75) is 12.5 Å². The van der Waals surface area contributed by atoms with Crippen LogP contribution in [-0.2, 0) is 5.60 Å². The number of anilines is 1. The summed E-state index contributed by atoms with van der Waals surface area (Å²) in [6.07, 6.45) is 3.08. The van der Waals surface area contributed by atoms with Gasteiger partial charge in [0.15, 0.2) is 0 Å². The van der Waals surface area contributed by atoms with Gasteiger partial charge in [0.05, 0.1) is 25.3 Å². The first-order chi connectivity index (χ1) is 13.1. The van der Waals surface area contributed by atoms with Crippen molar-refractivity contribution in [1.82, 2.24) is 9.97 Å². The SMILES string of the molecule is COc1ccc(-c2csc3ncnc(NC[C@](C)(O)c4ccco4)c23)cc1. The summed E-state index contributed by atoms with van der Waals surface area (Å²) in [4.78, 5) is 9.66. The van der Waals surface area contributed by atoms with E-state index in [1.165, 1.54) is 6.33 Å². The third kappa shape index (κ3) is 3.39. The van der Waals surface area contributed by atoms with E-state index in [9.17, 15) is 5.11 Å². The molecule has 4 aromatic rings. The van der Waals surface area contributed by atoms with Crippen LogP contribution in [0, 0.1) is 0 Å². The fraction of sp³-hybridized carbons (Fsp3) is 0.200. The number of fused-ring (bicyclic) bond motifs is 1. The van der Waals surface area contributed by atoms with Crippen LogP contribution < -0.4 is 10.1 Å². The van der Waals surface area contributed by atoms with Gasteiger partial charge >= 0.3 is 0 Å². The molecule has 7 heteroatoms. The zero-order valence-corrected chi connectivity index (χ0v) is 15.8. The minimum atomic E-state index is -1.16. The summed E-state index contributed by atoms with van der Waals surface area (Å²) in [6, 6.07) is 11.4. The number of furan rings is 1. The second-order valence-electron chi connectivity index (χ2n) is 6.39. The van der Waals surface area contributed by atoms with Gasteiger partial charge in [-0.2, -0.15) is 0 Å². The molecule has 0 saturated heterocycles. The Morgan fingerprint density at radius 1 is 1.22 bits per heavy atom. The monoisotopic (exact) mass is 381 g/mol. The van der Waals surface area contributed by atoms with Gasteiger partial charge in [-0.05, 0) is 36.8 Å². The van der Waals surface area contributed by atoms with Gasteiger partial charge in [-0.25, -0.2) is 9.97 Å². The predicted molar refractivity (Wildman–Crippen MR) is 106 cm³/mol. The van der Waals surface area contributed by atoms with Gasteiger partial charge in [0, 0.05) is 10.9 Å². The van der Waals surface area contributed by atoms with Crippen LogP contribution >= 0.6 is 11.3 Å². The number of ether oxygens (including phenoxy) is 1. The maximum absolute atomic E-state index is 10.7. The number of hydrogen-bond acceptors (Lipinski definition) is 7. The van der Waals surface area contributed by atoms with E-state index in [1.54, 1.807) is 43.8 Å². The Bertz CT molecular complexity index is 1040. The molecule has 0 aliphatic rings. The van der Waals surface area contributed by atoms with Crippen LogP contribution in [0.2, 0.25) is 0 Å². The number of nitrogens with zero attached hydrogens (tertiary/aromatic N) is 2. The molecule has 0 saturated carbocycles. The Labute approximate surface area is 160 Å². The fourth-order valence-electron chi connectivity index (χ4n) is 2.92. The fourth-order valence-corrected chi connectivity index (χ4v) is 3.84. The zero-order chi connectivity index (χ0) is 18.9. The van der Waals surface area contributed by atoms with E-state index >= 15 is 0 Å². The quantitative estimate of drug-likeness (QED) is 0.519. The van der Waals surface area contributed by atoms with Crippen LogP contribution in [-0.4, -0.2) is 28.7 Å². The molecular weight excluding hydrogens is 362 g/mol. The average molecular weight is 381 g/mol. The van der Waals surface area contributed by atoms with E-state index in [0.717, 1.165) is 27.1 Å². The Kier molecular flexibility index (Phi) is 4.55. The van der Waals surface area contributed by atoms with Crippen LogP contribution in [0.15, 0.2) is 58.8 Å². The first-order valence-corrected chi connectivity index (χ1v) is 9.33. The number of methoxy groups -OCH3 is 1. The number of aliphatic hydroxyl groups is 1. The van der Waals surface area contributed by atoms with E-state index in [-0.39, 0.29) is 6.54 Å². The highest BCUT2D eigenvalue weighted by Gasteiger charge is 2.26. The minimum absolute atomic E-state index is 0.254. The third-order valence-electron chi connectivity index (χ3n) is 4.42. The molecular formula is C20H19N3O3S. The Morgan fingerprint density at radius 3 is 2.74 bits per heavy atom. The van der Waals surface area contributed by atoms with Crippen molar-refractivity contribution in [3.63, 3.8) is 0 Å². The predicted octanol–water partition coefficient (Wildman–Crippen LogP) is 4.28. The summed E-state index contributed by atoms with van der Waals surface area (Å²) in [7, 11) is 1.65. The van der Waals surface area contributed by atoms with Gasteiger partial charge in [0.25, 0.3) is 0 Å². The molecule has 6 nitrogen and oxygen atoms in total. The van der Waals surface area contributed by atoms with E-state index in [2.05, 4.69) is 20.7 Å². The van der Waals surface area contributed by atoms with Gasteiger partial charge in [-0.3, -0.25) is 0 Å². The van der Waals surface area contributed by atoms with E-state index in [1.807, 2.05) is 24.3 Å². The standard InChI is InChI=1S/C20H19N3O3S/c1-20(24,16-4-3-9-26-16)11-21-18-17-15(10-27-19(17)23-12-22-18)13-5-7-14(25-2)8-6-13/h3-10,12,24H,11H2,1-2H3,(H,21,22,23)/t20-/m0/s1. The summed E-state index contributed by atoms with van der Waals surface area (Å²) < 4.78 is 10.6. The maximum Gasteiger partial charge on any atom is 0.138 e. The highest BCUT2D eigenvalue weighted by molar-refractivity contribution is 7.17. The smallest absolute Gasteiger partial charge is 0.138 e. The Morgan fingerprint density at radius 2 is 2.04 bits per heavy atom. The highest BCUT2D eigenvalue weighted by atomic mass is 32.1. The summed E-state index contributed by atoms with van der Waals surface area (Å²) in [5.41, 5.74) is 0.938. The minimum Gasteiger partial charge on any atom is -0.497 e. The van der Waals surface area contributed by atoms with Crippen molar-refractivity contribution in [3.8, 4) is 16.9 Å². The van der Waals surface area contributed by atoms with Crippen LogP contribution in [0.4, 0.5) is 5.82 Å². The molecule has 0 unspecified atom stereocenters. The molecule has 3 heterocycles. The molecule has 0 aliphatic heterocycles. The number of rotatable bonds is 6. The van der Waals surface area contributed by atoms with Crippen LogP contribution in [0.25, 0.3) is 21.3 Å². The number of thiophene rings is 1. The first kappa shape index (κ1) is 17.5. The molecule has 0 spiro atoms. The molecule has 27 heavy (non-hydrogen) atoms. The average Bonchev–Trinajstić information content (AvgIpc) is 3.37. The van der Waals surface area contributed by atoms with Crippen LogP contribution in [0.1, 0.15) is 12.7 Å². The summed E-state index contributed by atoms with van der Waals surface area (Å²) >= 11 is 1.56. The van der Waals surface area contributed by atoms with Crippen LogP contribution in [0.5, 0.6) is 5.75 Å². The van der Waals surface area contributed by atoms with E-state index in [4.69, 9.17) is 9.15 Å². The topological polar surface area (TPSA) is 80.4 Å². The van der Waals surface area contributed by atoms with Gasteiger partial charge in [0.1, 0.15) is 34.1 Å². The van der Waals surface area contributed by atoms with E-state index < -0.39 is 5.60 Å². The van der Waals surface area contributed by atoms with Crippen molar-refractivity contribution in [1.29, 1.82) is 0 Å². The molecule has 0 aliphatic carbocycles. The van der Waals surface area contributed by atoms with Crippen molar-refractivity contribution in [2.24, 2.45) is 0 Å². The third-order valence-corrected chi connectivity index (χ3v) is 5.31. The maximum atomic E-state index is 10.7. The van der Waals surface area contributed by atoms with Gasteiger partial charge < -0.3 is 19.6 Å².